The molecule has 176 valence electrons. The van der Waals surface area contributed by atoms with Crippen LogP contribution >= 0.6 is 11.8 Å². The molecule has 1 aromatic heterocycles. The molecular formula is C25H26N4O4S. The number of aromatic nitrogens is 2. The van der Waals surface area contributed by atoms with Crippen molar-refractivity contribution in [2.24, 2.45) is 0 Å². The van der Waals surface area contributed by atoms with Crippen molar-refractivity contribution in [1.82, 2.24) is 9.55 Å². The summed E-state index contributed by atoms with van der Waals surface area (Å²) in [6, 6.07) is 13.1. The van der Waals surface area contributed by atoms with Crippen molar-refractivity contribution >= 4 is 35.0 Å². The predicted molar refractivity (Wildman–Crippen MR) is 132 cm³/mol. The van der Waals surface area contributed by atoms with E-state index in [0.717, 1.165) is 33.6 Å². The first kappa shape index (κ1) is 22.3. The molecule has 1 unspecified atom stereocenters. The number of rotatable bonds is 5. The number of hydrogen-bond donors (Lipinski definition) is 1. The van der Waals surface area contributed by atoms with Gasteiger partial charge in [-0.3, -0.25) is 9.59 Å². The van der Waals surface area contributed by atoms with Gasteiger partial charge in [-0.05, 0) is 44.2 Å². The van der Waals surface area contributed by atoms with Crippen molar-refractivity contribution in [2.75, 3.05) is 29.2 Å². The van der Waals surface area contributed by atoms with Crippen molar-refractivity contribution in [1.29, 1.82) is 0 Å². The molecule has 0 radical (unpaired) electrons. The summed E-state index contributed by atoms with van der Waals surface area (Å²) in [4.78, 5) is 31.9. The molecule has 1 N–H and O–H groups in total. The number of anilines is 2. The molecule has 2 aliphatic heterocycles. The molecule has 3 aromatic rings. The van der Waals surface area contributed by atoms with Crippen molar-refractivity contribution in [3.05, 3.63) is 48.7 Å². The molecule has 5 rings (SSSR count). The van der Waals surface area contributed by atoms with Crippen LogP contribution in [0.4, 0.5) is 11.4 Å². The Morgan fingerprint density at radius 2 is 1.97 bits per heavy atom. The summed E-state index contributed by atoms with van der Waals surface area (Å²) in [6.45, 7) is 5.75. The van der Waals surface area contributed by atoms with E-state index >= 15 is 0 Å². The molecule has 0 fully saturated rings. The Morgan fingerprint density at radius 3 is 2.79 bits per heavy atom. The Labute approximate surface area is 202 Å². The lowest BCUT2D eigenvalue weighted by molar-refractivity contribution is -0.117. The zero-order chi connectivity index (χ0) is 23.7. The van der Waals surface area contributed by atoms with Crippen LogP contribution in [0.5, 0.6) is 11.5 Å². The van der Waals surface area contributed by atoms with Gasteiger partial charge >= 0.3 is 0 Å². The number of imidazole rings is 1. The van der Waals surface area contributed by atoms with Crippen LogP contribution in [0.2, 0.25) is 0 Å². The van der Waals surface area contributed by atoms with E-state index in [2.05, 4.69) is 21.8 Å². The van der Waals surface area contributed by atoms with Crippen molar-refractivity contribution in [3.63, 3.8) is 0 Å². The number of hydrogen-bond acceptors (Lipinski definition) is 6. The van der Waals surface area contributed by atoms with Gasteiger partial charge in [0.15, 0.2) is 16.7 Å². The van der Waals surface area contributed by atoms with Crippen LogP contribution in [0.1, 0.15) is 20.3 Å². The van der Waals surface area contributed by atoms with Gasteiger partial charge < -0.3 is 24.3 Å². The molecule has 1 atom stereocenters. The maximum atomic E-state index is 13.3. The van der Waals surface area contributed by atoms with Crippen LogP contribution in [0.15, 0.2) is 53.8 Å². The number of ether oxygens (including phenoxy) is 2. The number of thioether (sulfide) groups is 1. The topological polar surface area (TPSA) is 85.7 Å². The number of carbonyl (C=O) groups excluding carboxylic acids is 2. The largest absolute Gasteiger partial charge is 0.486 e. The minimum atomic E-state index is -0.240. The third-order valence-electron chi connectivity index (χ3n) is 5.93. The van der Waals surface area contributed by atoms with Crippen molar-refractivity contribution in [3.8, 4) is 22.8 Å². The second-order valence-corrected chi connectivity index (χ2v) is 9.14. The molecule has 0 saturated carbocycles. The Kier molecular flexibility index (Phi) is 6.19. The highest BCUT2D eigenvalue weighted by Crippen LogP contribution is 2.36. The predicted octanol–water partition coefficient (Wildman–Crippen LogP) is 4.20. The SMILES string of the molecule is CCn1c(-c2ccc3c(c2)OCCO3)cnc1SCC(=O)N1c2ccccc2NC(=O)CC1C. The van der Waals surface area contributed by atoms with E-state index in [4.69, 9.17) is 9.47 Å². The van der Waals surface area contributed by atoms with E-state index in [1.54, 1.807) is 4.90 Å². The van der Waals surface area contributed by atoms with Crippen LogP contribution in [-0.4, -0.2) is 46.4 Å². The fraction of sp³-hybridized carbons (Fsp3) is 0.320. The van der Waals surface area contributed by atoms with E-state index < -0.39 is 0 Å². The molecule has 0 bridgehead atoms. The van der Waals surface area contributed by atoms with Crippen LogP contribution in [-0.2, 0) is 16.1 Å². The van der Waals surface area contributed by atoms with Crippen LogP contribution in [0, 0.1) is 0 Å². The standard InChI is InChI=1S/C25H26N4O4S/c1-3-28-20(17-8-9-21-22(13-17)33-11-10-32-21)14-26-25(28)34-15-24(31)29-16(2)12-23(30)27-18-6-4-5-7-19(18)29/h4-9,13-14,16H,3,10-12,15H2,1-2H3,(H,27,30). The maximum absolute atomic E-state index is 13.3. The molecule has 8 nitrogen and oxygen atoms in total. The Morgan fingerprint density at radius 1 is 1.18 bits per heavy atom. The fourth-order valence-corrected chi connectivity index (χ4v) is 5.28. The molecule has 9 heteroatoms. The lowest BCUT2D eigenvalue weighted by Gasteiger charge is -2.27. The highest BCUT2D eigenvalue weighted by atomic mass is 32.2. The van der Waals surface area contributed by atoms with E-state index in [-0.39, 0.29) is 30.0 Å². The van der Waals surface area contributed by atoms with Crippen LogP contribution in [0.3, 0.4) is 0 Å². The average Bonchev–Trinajstić information content (AvgIpc) is 3.20. The smallest absolute Gasteiger partial charge is 0.237 e. The Bertz CT molecular complexity index is 1240. The molecule has 3 heterocycles. The molecule has 2 aliphatic rings. The van der Waals surface area contributed by atoms with Gasteiger partial charge in [-0.2, -0.15) is 0 Å². The van der Waals surface area contributed by atoms with Gasteiger partial charge in [0.05, 0.1) is 29.0 Å². The van der Waals surface area contributed by atoms with Gasteiger partial charge in [0, 0.05) is 24.6 Å². The molecule has 0 spiro atoms. The third-order valence-corrected chi connectivity index (χ3v) is 6.90. The summed E-state index contributed by atoms with van der Waals surface area (Å²) in [5.41, 5.74) is 3.32. The summed E-state index contributed by atoms with van der Waals surface area (Å²) in [7, 11) is 0. The Balaban J connectivity index is 1.36. The Hall–Kier alpha value is -3.46. The van der Waals surface area contributed by atoms with E-state index in [1.165, 1.54) is 11.8 Å². The summed E-state index contributed by atoms with van der Waals surface area (Å²) in [5, 5.41) is 3.67. The van der Waals surface area contributed by atoms with Gasteiger partial charge in [-0.15, -0.1) is 0 Å². The zero-order valence-corrected chi connectivity index (χ0v) is 19.9. The summed E-state index contributed by atoms with van der Waals surface area (Å²) in [5.74, 6) is 1.54. The summed E-state index contributed by atoms with van der Waals surface area (Å²) in [6.07, 6.45) is 2.08. The molecule has 0 saturated heterocycles. The van der Waals surface area contributed by atoms with Gasteiger partial charge in [-0.1, -0.05) is 23.9 Å². The highest BCUT2D eigenvalue weighted by Gasteiger charge is 2.29. The molecular weight excluding hydrogens is 452 g/mol. The first-order chi connectivity index (χ1) is 16.5. The summed E-state index contributed by atoms with van der Waals surface area (Å²) < 4.78 is 13.4. The number of fused-ring (bicyclic) bond motifs is 2. The van der Waals surface area contributed by atoms with Crippen molar-refractivity contribution in [2.45, 2.75) is 38.0 Å². The minimum Gasteiger partial charge on any atom is -0.486 e. The maximum Gasteiger partial charge on any atom is 0.237 e. The number of carbonyl (C=O) groups is 2. The normalized spacial score (nSPS) is 17.1. The molecule has 2 aromatic carbocycles. The van der Waals surface area contributed by atoms with Gasteiger partial charge in [-0.25, -0.2) is 4.98 Å². The minimum absolute atomic E-state index is 0.0621. The van der Waals surface area contributed by atoms with E-state index in [1.807, 2.05) is 55.6 Å². The number of benzene rings is 2. The summed E-state index contributed by atoms with van der Waals surface area (Å²) >= 11 is 1.40. The van der Waals surface area contributed by atoms with Crippen LogP contribution in [0.25, 0.3) is 11.3 Å². The molecule has 34 heavy (non-hydrogen) atoms. The third kappa shape index (κ3) is 4.23. The van der Waals surface area contributed by atoms with E-state index in [9.17, 15) is 9.59 Å². The second-order valence-electron chi connectivity index (χ2n) is 8.20. The number of amides is 2. The first-order valence-corrected chi connectivity index (χ1v) is 12.3. The molecule has 0 aliphatic carbocycles. The number of nitrogens with zero attached hydrogens (tertiary/aromatic N) is 3. The van der Waals surface area contributed by atoms with Gasteiger partial charge in [0.2, 0.25) is 11.8 Å². The van der Waals surface area contributed by atoms with Gasteiger partial charge in [0.1, 0.15) is 13.2 Å². The van der Waals surface area contributed by atoms with Crippen LogP contribution < -0.4 is 19.7 Å². The highest BCUT2D eigenvalue weighted by molar-refractivity contribution is 7.99. The average molecular weight is 479 g/mol. The second kappa shape index (κ2) is 9.42. The number of nitrogens with one attached hydrogen (secondary N) is 1. The molecule has 2 amide bonds. The first-order valence-electron chi connectivity index (χ1n) is 11.3. The van der Waals surface area contributed by atoms with E-state index in [0.29, 0.717) is 25.4 Å². The van der Waals surface area contributed by atoms with Crippen molar-refractivity contribution < 1.29 is 19.1 Å². The lowest BCUT2D eigenvalue weighted by atomic mass is 10.1. The van der Waals surface area contributed by atoms with Gasteiger partial charge in [0.25, 0.3) is 0 Å². The zero-order valence-electron chi connectivity index (χ0n) is 19.1. The quantitative estimate of drug-likeness (QED) is 0.554. The fourth-order valence-electron chi connectivity index (χ4n) is 4.38. The lowest BCUT2D eigenvalue weighted by Crippen LogP contribution is -2.40. The monoisotopic (exact) mass is 478 g/mol. The number of para-hydroxylation sites is 2.